The van der Waals surface area contributed by atoms with Crippen molar-refractivity contribution >= 4 is 32.6 Å². The average molecular weight is 459 g/mol. The van der Waals surface area contributed by atoms with E-state index in [1.165, 1.54) is 0 Å². The summed E-state index contributed by atoms with van der Waals surface area (Å²) in [7, 11) is -2.04. The molecule has 6 heteroatoms. The SMILES string of the molecule is COc1ccc(S(=O)(=O)N[C@H](CC(C)C)c2ccccc2)cc1I. The zero-order chi connectivity index (χ0) is 17.7. The van der Waals surface area contributed by atoms with Crippen LogP contribution in [0.15, 0.2) is 53.4 Å². The number of hydrogen-bond acceptors (Lipinski definition) is 3. The standard InChI is InChI=1S/C18H22INO3S/c1-13(2)11-17(14-7-5-4-6-8-14)20-24(21,22)15-9-10-18(23-3)16(19)12-15/h4-10,12-13,17,20H,11H2,1-3H3/t17-/m1/s1. The Morgan fingerprint density at radius 3 is 2.33 bits per heavy atom. The Balaban J connectivity index is 2.31. The van der Waals surface area contributed by atoms with Gasteiger partial charge in [-0.15, -0.1) is 0 Å². The molecule has 0 unspecified atom stereocenters. The molecule has 0 aliphatic carbocycles. The molecule has 0 fully saturated rings. The summed E-state index contributed by atoms with van der Waals surface area (Å²) in [6, 6.07) is 14.3. The summed E-state index contributed by atoms with van der Waals surface area (Å²) in [6.07, 6.45) is 0.733. The van der Waals surface area contributed by atoms with Gasteiger partial charge in [0.15, 0.2) is 0 Å². The Morgan fingerprint density at radius 2 is 1.79 bits per heavy atom. The summed E-state index contributed by atoms with van der Waals surface area (Å²) in [5.74, 6) is 1.03. The minimum absolute atomic E-state index is 0.248. The number of hydrogen-bond donors (Lipinski definition) is 1. The van der Waals surface area contributed by atoms with Gasteiger partial charge in [0.25, 0.3) is 0 Å². The topological polar surface area (TPSA) is 55.4 Å². The second-order valence-electron chi connectivity index (χ2n) is 6.01. The van der Waals surface area contributed by atoms with Crippen LogP contribution >= 0.6 is 22.6 Å². The molecule has 0 amide bonds. The van der Waals surface area contributed by atoms with Crippen molar-refractivity contribution in [1.82, 2.24) is 4.72 Å². The van der Waals surface area contributed by atoms with Crippen molar-refractivity contribution in [2.45, 2.75) is 31.2 Å². The van der Waals surface area contributed by atoms with Gasteiger partial charge in [-0.05, 0) is 58.7 Å². The summed E-state index contributed by atoms with van der Waals surface area (Å²) in [4.78, 5) is 0.248. The molecule has 0 radical (unpaired) electrons. The normalized spacial score (nSPS) is 13.0. The molecule has 2 aromatic rings. The number of rotatable bonds is 7. The summed E-state index contributed by atoms with van der Waals surface area (Å²) in [5, 5.41) is 0. The lowest BCUT2D eigenvalue weighted by molar-refractivity contribution is 0.411. The molecule has 0 aliphatic rings. The Bertz CT molecular complexity index is 776. The largest absolute Gasteiger partial charge is 0.496 e. The van der Waals surface area contributed by atoms with Gasteiger partial charge in [-0.25, -0.2) is 13.1 Å². The van der Waals surface area contributed by atoms with Crippen LogP contribution in [0, 0.1) is 9.49 Å². The average Bonchev–Trinajstić information content (AvgIpc) is 2.54. The number of benzene rings is 2. The van der Waals surface area contributed by atoms with E-state index >= 15 is 0 Å². The van der Waals surface area contributed by atoms with Gasteiger partial charge in [0, 0.05) is 6.04 Å². The molecule has 1 atom stereocenters. The lowest BCUT2D eigenvalue weighted by atomic mass is 9.98. The molecular formula is C18H22INO3S. The van der Waals surface area contributed by atoms with Crippen molar-refractivity contribution in [1.29, 1.82) is 0 Å². The second kappa shape index (κ2) is 8.31. The maximum atomic E-state index is 12.8. The predicted molar refractivity (Wildman–Crippen MR) is 105 cm³/mol. The molecule has 0 bridgehead atoms. The van der Waals surface area contributed by atoms with Crippen LogP contribution < -0.4 is 9.46 Å². The van der Waals surface area contributed by atoms with Crippen LogP contribution in [-0.4, -0.2) is 15.5 Å². The van der Waals surface area contributed by atoms with E-state index in [-0.39, 0.29) is 10.9 Å². The van der Waals surface area contributed by atoms with Gasteiger partial charge in [0.1, 0.15) is 5.75 Å². The van der Waals surface area contributed by atoms with Gasteiger partial charge in [-0.1, -0.05) is 44.2 Å². The molecule has 130 valence electrons. The lowest BCUT2D eigenvalue weighted by Crippen LogP contribution is -2.29. The third-order valence-corrected chi connectivity index (χ3v) is 5.95. The summed E-state index contributed by atoms with van der Waals surface area (Å²) in [5.41, 5.74) is 0.970. The fraction of sp³-hybridized carbons (Fsp3) is 0.333. The van der Waals surface area contributed by atoms with Gasteiger partial charge in [0.2, 0.25) is 10.0 Å². The van der Waals surface area contributed by atoms with Gasteiger partial charge >= 0.3 is 0 Å². The first-order valence-corrected chi connectivity index (χ1v) is 10.3. The second-order valence-corrected chi connectivity index (χ2v) is 8.89. The molecule has 0 saturated heterocycles. The highest BCUT2D eigenvalue weighted by atomic mass is 127. The maximum absolute atomic E-state index is 12.8. The molecule has 0 aliphatic heterocycles. The van der Waals surface area contributed by atoms with E-state index in [0.717, 1.165) is 15.6 Å². The van der Waals surface area contributed by atoms with E-state index in [4.69, 9.17) is 4.74 Å². The van der Waals surface area contributed by atoms with Gasteiger partial charge in [-0.2, -0.15) is 0 Å². The first-order chi connectivity index (χ1) is 11.3. The Labute approximate surface area is 157 Å². The number of ether oxygens (including phenoxy) is 1. The van der Waals surface area contributed by atoms with Crippen LogP contribution in [0.25, 0.3) is 0 Å². The van der Waals surface area contributed by atoms with E-state index in [0.29, 0.717) is 11.7 Å². The molecule has 4 nitrogen and oxygen atoms in total. The number of methoxy groups -OCH3 is 1. The van der Waals surface area contributed by atoms with Crippen molar-refractivity contribution in [3.05, 3.63) is 57.7 Å². The van der Waals surface area contributed by atoms with Crippen LogP contribution in [0.5, 0.6) is 5.75 Å². The van der Waals surface area contributed by atoms with E-state index in [1.807, 2.05) is 30.3 Å². The number of nitrogens with one attached hydrogen (secondary N) is 1. The van der Waals surface area contributed by atoms with Crippen LogP contribution in [0.4, 0.5) is 0 Å². The molecule has 0 aromatic heterocycles. The third-order valence-electron chi connectivity index (χ3n) is 3.64. The summed E-state index contributed by atoms with van der Waals surface area (Å²) >= 11 is 2.07. The highest BCUT2D eigenvalue weighted by molar-refractivity contribution is 14.1. The first-order valence-electron chi connectivity index (χ1n) is 7.74. The first kappa shape index (κ1) is 19.2. The highest BCUT2D eigenvalue weighted by Crippen LogP contribution is 2.27. The highest BCUT2D eigenvalue weighted by Gasteiger charge is 2.23. The van der Waals surface area contributed by atoms with E-state index in [2.05, 4.69) is 41.2 Å². The van der Waals surface area contributed by atoms with Gasteiger partial charge in [0.05, 0.1) is 15.6 Å². The zero-order valence-electron chi connectivity index (χ0n) is 14.0. The fourth-order valence-electron chi connectivity index (χ4n) is 2.48. The maximum Gasteiger partial charge on any atom is 0.241 e. The minimum Gasteiger partial charge on any atom is -0.496 e. The van der Waals surface area contributed by atoms with Crippen molar-refractivity contribution < 1.29 is 13.2 Å². The minimum atomic E-state index is -3.61. The van der Waals surface area contributed by atoms with E-state index in [9.17, 15) is 8.42 Å². The monoisotopic (exact) mass is 459 g/mol. The predicted octanol–water partition coefficient (Wildman–Crippen LogP) is 4.37. The number of halogens is 1. The Hall–Kier alpha value is -1.12. The van der Waals surface area contributed by atoms with Crippen molar-refractivity contribution in [3.63, 3.8) is 0 Å². The smallest absolute Gasteiger partial charge is 0.241 e. The van der Waals surface area contributed by atoms with E-state index < -0.39 is 10.0 Å². The van der Waals surface area contributed by atoms with Crippen molar-refractivity contribution in [2.24, 2.45) is 5.92 Å². The Morgan fingerprint density at radius 1 is 1.12 bits per heavy atom. The molecule has 2 aromatic carbocycles. The number of sulfonamides is 1. The quantitative estimate of drug-likeness (QED) is 0.626. The molecule has 24 heavy (non-hydrogen) atoms. The Kier molecular flexibility index (Phi) is 6.65. The molecule has 0 saturated carbocycles. The molecule has 0 heterocycles. The van der Waals surface area contributed by atoms with Gasteiger partial charge < -0.3 is 4.74 Å². The van der Waals surface area contributed by atoms with Gasteiger partial charge in [-0.3, -0.25) is 0 Å². The fourth-order valence-corrected chi connectivity index (χ4v) is 4.69. The van der Waals surface area contributed by atoms with Crippen LogP contribution in [0.1, 0.15) is 31.9 Å². The lowest BCUT2D eigenvalue weighted by Gasteiger charge is -2.21. The molecule has 0 spiro atoms. The molecule has 1 N–H and O–H groups in total. The van der Waals surface area contributed by atoms with E-state index in [1.54, 1.807) is 25.3 Å². The molecule has 2 rings (SSSR count). The van der Waals surface area contributed by atoms with Crippen molar-refractivity contribution in [2.75, 3.05) is 7.11 Å². The molecular weight excluding hydrogens is 437 g/mol. The summed E-state index contributed by atoms with van der Waals surface area (Å²) in [6.45, 7) is 4.17. The summed E-state index contributed by atoms with van der Waals surface area (Å²) < 4.78 is 34.4. The van der Waals surface area contributed by atoms with Crippen LogP contribution in [0.2, 0.25) is 0 Å². The van der Waals surface area contributed by atoms with Crippen LogP contribution in [-0.2, 0) is 10.0 Å². The van der Waals surface area contributed by atoms with Crippen molar-refractivity contribution in [3.8, 4) is 5.75 Å². The zero-order valence-corrected chi connectivity index (χ0v) is 17.0. The van der Waals surface area contributed by atoms with Crippen LogP contribution in [0.3, 0.4) is 0 Å². The third kappa shape index (κ3) is 4.94.